The van der Waals surface area contributed by atoms with Gasteiger partial charge in [0, 0.05) is 10.9 Å². The van der Waals surface area contributed by atoms with Crippen LogP contribution in [0.25, 0.3) is 0 Å². The average molecular weight is 358 g/mol. The van der Waals surface area contributed by atoms with Gasteiger partial charge in [-0.2, -0.15) is 0 Å². The summed E-state index contributed by atoms with van der Waals surface area (Å²) in [6.45, 7) is 4.08. The van der Waals surface area contributed by atoms with Crippen molar-refractivity contribution in [3.8, 4) is 0 Å². The Bertz CT molecular complexity index is 678. The van der Waals surface area contributed by atoms with Crippen LogP contribution in [-0.4, -0.2) is 22.6 Å². The van der Waals surface area contributed by atoms with E-state index in [-0.39, 0.29) is 17.8 Å². The van der Waals surface area contributed by atoms with Crippen molar-refractivity contribution in [2.75, 3.05) is 5.32 Å². The van der Waals surface area contributed by atoms with Gasteiger partial charge in [-0.15, -0.1) is 11.8 Å². The van der Waals surface area contributed by atoms with Gasteiger partial charge in [0.05, 0.1) is 0 Å². The zero-order valence-corrected chi connectivity index (χ0v) is 15.1. The number of hydrogen-bond donors (Lipinski definition) is 2. The van der Waals surface area contributed by atoms with Gasteiger partial charge in [-0.25, -0.2) is 4.79 Å². The van der Waals surface area contributed by atoms with Gasteiger partial charge in [0.15, 0.2) is 5.37 Å². The molecule has 1 unspecified atom stereocenters. The Morgan fingerprint density at radius 2 is 1.60 bits per heavy atom. The Morgan fingerprint density at radius 3 is 2.20 bits per heavy atom. The van der Waals surface area contributed by atoms with Crippen LogP contribution in [0.5, 0.6) is 0 Å². The number of thioether (sulfide) groups is 1. The Labute approximate surface area is 152 Å². The molecule has 0 aliphatic rings. The van der Waals surface area contributed by atoms with Crippen molar-refractivity contribution in [2.24, 2.45) is 0 Å². The molecule has 1 atom stereocenters. The Kier molecular flexibility index (Phi) is 7.35. The van der Waals surface area contributed by atoms with E-state index in [1.807, 2.05) is 62.4 Å². The number of anilines is 1. The number of carbonyl (C=O) groups excluding carboxylic acids is 2. The number of para-hydroxylation sites is 1. The Hall–Kier alpha value is -2.47. The van der Waals surface area contributed by atoms with Gasteiger partial charge >= 0.3 is 6.09 Å². The molecule has 0 saturated heterocycles. The van der Waals surface area contributed by atoms with E-state index in [0.717, 1.165) is 5.56 Å². The normalized spacial score (nSPS) is 11.6. The zero-order chi connectivity index (χ0) is 18.1. The number of nitrogens with one attached hydrogen (secondary N) is 2. The number of alkyl carbamates (subject to hydrolysis) is 1. The molecule has 2 rings (SSSR count). The highest BCUT2D eigenvalue weighted by molar-refractivity contribution is 8.01. The molecule has 25 heavy (non-hydrogen) atoms. The summed E-state index contributed by atoms with van der Waals surface area (Å²) in [5, 5.41) is 4.86. The van der Waals surface area contributed by atoms with Gasteiger partial charge in [0.1, 0.15) is 6.61 Å². The molecule has 0 aliphatic heterocycles. The summed E-state index contributed by atoms with van der Waals surface area (Å²) >= 11 is 1.35. The van der Waals surface area contributed by atoms with E-state index in [0.29, 0.717) is 5.69 Å². The summed E-state index contributed by atoms with van der Waals surface area (Å²) in [7, 11) is 0. The van der Waals surface area contributed by atoms with Crippen LogP contribution in [0.2, 0.25) is 0 Å². The Balaban J connectivity index is 1.92. The van der Waals surface area contributed by atoms with Crippen LogP contribution in [0.1, 0.15) is 19.4 Å². The third-order valence-corrected chi connectivity index (χ3v) is 4.30. The maximum absolute atomic E-state index is 12.5. The van der Waals surface area contributed by atoms with Crippen molar-refractivity contribution < 1.29 is 14.3 Å². The first kappa shape index (κ1) is 18.9. The Morgan fingerprint density at radius 1 is 1.00 bits per heavy atom. The molecule has 2 N–H and O–H groups in total. The highest BCUT2D eigenvalue weighted by atomic mass is 32.2. The third-order valence-electron chi connectivity index (χ3n) is 3.15. The molecule has 0 bridgehead atoms. The van der Waals surface area contributed by atoms with E-state index in [9.17, 15) is 9.59 Å². The first-order valence-electron chi connectivity index (χ1n) is 8.03. The second-order valence-electron chi connectivity index (χ2n) is 5.63. The SMILES string of the molecule is CC(C)SC(NC(=O)OCc1ccccc1)C(=O)Nc1ccccc1. The lowest BCUT2D eigenvalue weighted by atomic mass is 10.2. The number of benzene rings is 2. The number of ether oxygens (including phenoxy) is 1. The van der Waals surface area contributed by atoms with Crippen molar-refractivity contribution in [1.29, 1.82) is 0 Å². The molecular weight excluding hydrogens is 336 g/mol. The molecule has 0 spiro atoms. The second-order valence-corrected chi connectivity index (χ2v) is 7.31. The summed E-state index contributed by atoms with van der Waals surface area (Å²) < 4.78 is 5.20. The van der Waals surface area contributed by atoms with Crippen LogP contribution in [0.4, 0.5) is 10.5 Å². The van der Waals surface area contributed by atoms with Crippen molar-refractivity contribution in [3.63, 3.8) is 0 Å². The van der Waals surface area contributed by atoms with E-state index in [4.69, 9.17) is 4.74 Å². The molecule has 132 valence electrons. The summed E-state index contributed by atoms with van der Waals surface area (Å²) in [6, 6.07) is 18.5. The lowest BCUT2D eigenvalue weighted by molar-refractivity contribution is -0.116. The molecule has 6 heteroatoms. The van der Waals surface area contributed by atoms with Gasteiger partial charge in [0.25, 0.3) is 5.91 Å². The standard InChI is InChI=1S/C19H22N2O3S/c1-14(2)25-18(17(22)20-16-11-7-4-8-12-16)21-19(23)24-13-15-9-5-3-6-10-15/h3-12,14,18H,13H2,1-2H3,(H,20,22)(H,21,23). The molecule has 5 nitrogen and oxygen atoms in total. The molecule has 2 aromatic carbocycles. The molecule has 2 amide bonds. The van der Waals surface area contributed by atoms with Crippen molar-refractivity contribution in [3.05, 3.63) is 66.2 Å². The largest absolute Gasteiger partial charge is 0.445 e. The monoisotopic (exact) mass is 358 g/mol. The van der Waals surface area contributed by atoms with E-state index in [1.165, 1.54) is 11.8 Å². The molecule has 2 aromatic rings. The molecular formula is C19H22N2O3S. The van der Waals surface area contributed by atoms with Crippen LogP contribution in [-0.2, 0) is 16.1 Å². The molecule has 0 fully saturated rings. The summed E-state index contributed by atoms with van der Waals surface area (Å²) in [5.41, 5.74) is 1.57. The lowest BCUT2D eigenvalue weighted by Crippen LogP contribution is -2.42. The van der Waals surface area contributed by atoms with Crippen LogP contribution in [0, 0.1) is 0 Å². The minimum atomic E-state index is -0.733. The summed E-state index contributed by atoms with van der Waals surface area (Å²) in [5.74, 6) is -0.290. The number of hydrogen-bond acceptors (Lipinski definition) is 4. The number of rotatable bonds is 7. The van der Waals surface area contributed by atoms with E-state index >= 15 is 0 Å². The van der Waals surface area contributed by atoms with Crippen LogP contribution < -0.4 is 10.6 Å². The van der Waals surface area contributed by atoms with E-state index < -0.39 is 11.5 Å². The zero-order valence-electron chi connectivity index (χ0n) is 14.3. The van der Waals surface area contributed by atoms with Crippen molar-refractivity contribution in [1.82, 2.24) is 5.32 Å². The second kappa shape index (κ2) is 9.74. The average Bonchev–Trinajstić information content (AvgIpc) is 2.61. The maximum atomic E-state index is 12.5. The van der Waals surface area contributed by atoms with Crippen LogP contribution in [0.3, 0.4) is 0 Å². The number of carbonyl (C=O) groups is 2. The minimum Gasteiger partial charge on any atom is -0.445 e. The highest BCUT2D eigenvalue weighted by Gasteiger charge is 2.23. The van der Waals surface area contributed by atoms with Gasteiger partial charge in [-0.05, 0) is 17.7 Å². The molecule has 0 aliphatic carbocycles. The quantitative estimate of drug-likeness (QED) is 0.734. The highest BCUT2D eigenvalue weighted by Crippen LogP contribution is 2.18. The fraction of sp³-hybridized carbons (Fsp3) is 0.263. The predicted octanol–water partition coefficient (Wildman–Crippen LogP) is 4.02. The molecule has 0 saturated carbocycles. The molecule has 0 radical (unpaired) electrons. The summed E-state index contributed by atoms with van der Waals surface area (Å²) in [6.07, 6.45) is -0.620. The van der Waals surface area contributed by atoms with Gasteiger partial charge in [0.2, 0.25) is 0 Å². The number of amides is 2. The van der Waals surface area contributed by atoms with Crippen molar-refractivity contribution >= 4 is 29.4 Å². The third kappa shape index (κ3) is 6.89. The maximum Gasteiger partial charge on any atom is 0.408 e. The van der Waals surface area contributed by atoms with Crippen LogP contribution >= 0.6 is 11.8 Å². The summed E-state index contributed by atoms with van der Waals surface area (Å²) in [4.78, 5) is 24.5. The van der Waals surface area contributed by atoms with Gasteiger partial charge in [-0.1, -0.05) is 62.4 Å². The minimum absolute atomic E-state index is 0.159. The topological polar surface area (TPSA) is 67.4 Å². The molecule has 0 heterocycles. The first-order valence-corrected chi connectivity index (χ1v) is 8.97. The molecule has 0 aromatic heterocycles. The fourth-order valence-corrected chi connectivity index (χ4v) is 2.93. The van der Waals surface area contributed by atoms with E-state index in [2.05, 4.69) is 10.6 Å². The van der Waals surface area contributed by atoms with Crippen molar-refractivity contribution in [2.45, 2.75) is 31.1 Å². The first-order chi connectivity index (χ1) is 12.0. The predicted molar refractivity (Wildman–Crippen MR) is 101 cm³/mol. The van der Waals surface area contributed by atoms with E-state index in [1.54, 1.807) is 12.1 Å². The van der Waals surface area contributed by atoms with Gasteiger partial charge in [-0.3, -0.25) is 4.79 Å². The van der Waals surface area contributed by atoms with Gasteiger partial charge < -0.3 is 15.4 Å². The van der Waals surface area contributed by atoms with Crippen LogP contribution in [0.15, 0.2) is 60.7 Å². The smallest absolute Gasteiger partial charge is 0.408 e. The fourth-order valence-electron chi connectivity index (χ4n) is 2.03. The lowest BCUT2D eigenvalue weighted by Gasteiger charge is -2.19.